The van der Waals surface area contributed by atoms with Gasteiger partial charge in [-0.25, -0.2) is 9.97 Å². The van der Waals surface area contributed by atoms with E-state index >= 15 is 0 Å². The number of anilines is 2. The molecule has 0 aliphatic rings. The van der Waals surface area contributed by atoms with Crippen molar-refractivity contribution < 1.29 is 0 Å². The highest BCUT2D eigenvalue weighted by molar-refractivity contribution is 14.1. The van der Waals surface area contributed by atoms with E-state index in [4.69, 9.17) is 5.26 Å². The summed E-state index contributed by atoms with van der Waals surface area (Å²) in [5.74, 6) is 0.442. The van der Waals surface area contributed by atoms with Crippen molar-refractivity contribution in [2.24, 2.45) is 0 Å². The van der Waals surface area contributed by atoms with E-state index in [-0.39, 0.29) is 0 Å². The van der Waals surface area contributed by atoms with Gasteiger partial charge in [-0.1, -0.05) is 34.7 Å². The molecule has 0 saturated carbocycles. The van der Waals surface area contributed by atoms with Gasteiger partial charge in [-0.3, -0.25) is 0 Å². The van der Waals surface area contributed by atoms with Crippen molar-refractivity contribution >= 4 is 34.2 Å². The Labute approximate surface area is 126 Å². The van der Waals surface area contributed by atoms with Gasteiger partial charge >= 0.3 is 0 Å². The number of benzene rings is 1. The maximum Gasteiger partial charge on any atom is 0.228 e. The molecule has 1 aromatic carbocycles. The van der Waals surface area contributed by atoms with Crippen LogP contribution in [0.2, 0.25) is 0 Å². The first-order valence-corrected chi connectivity index (χ1v) is 7.09. The highest BCUT2D eigenvalue weighted by Crippen LogP contribution is 2.27. The van der Waals surface area contributed by atoms with Crippen LogP contribution < -0.4 is 5.32 Å². The topological polar surface area (TPSA) is 61.6 Å². The summed E-state index contributed by atoms with van der Waals surface area (Å²) in [7, 11) is 0. The van der Waals surface area contributed by atoms with Crippen LogP contribution in [0.4, 0.5) is 11.6 Å². The summed E-state index contributed by atoms with van der Waals surface area (Å²) in [6, 6.07) is 9.83. The molecule has 2 aromatic rings. The fraction of sp³-hybridized carbons (Fsp3) is 0.214. The second-order valence-corrected chi connectivity index (χ2v) is 6.06. The normalized spacial score (nSPS) is 11.7. The predicted molar refractivity (Wildman–Crippen MR) is 83.6 cm³/mol. The number of hydrogen-bond acceptors (Lipinski definition) is 4. The Morgan fingerprint density at radius 1 is 1.37 bits per heavy atom. The van der Waals surface area contributed by atoms with E-state index in [0.29, 0.717) is 15.6 Å². The molecule has 0 aliphatic heterocycles. The van der Waals surface area contributed by atoms with E-state index < -0.39 is 0 Å². The van der Waals surface area contributed by atoms with Gasteiger partial charge in [-0.15, -0.1) is 0 Å². The Kier molecular flexibility index (Phi) is 4.32. The molecule has 0 aliphatic carbocycles. The third-order valence-corrected chi connectivity index (χ3v) is 3.45. The number of halogens is 1. The molecule has 0 radical (unpaired) electrons. The molecular formula is C14H13IN4. The Balaban J connectivity index is 2.26. The highest BCUT2D eigenvalue weighted by atomic mass is 127. The number of nitriles is 1. The van der Waals surface area contributed by atoms with E-state index in [9.17, 15) is 0 Å². The molecule has 1 heterocycles. The minimum atomic E-state index is 0.354. The van der Waals surface area contributed by atoms with Crippen molar-refractivity contribution in [3.8, 4) is 6.07 Å². The lowest BCUT2D eigenvalue weighted by atomic mass is 10.1. The quantitative estimate of drug-likeness (QED) is 0.663. The lowest BCUT2D eigenvalue weighted by Gasteiger charge is -2.11. The Morgan fingerprint density at radius 2 is 2.16 bits per heavy atom. The Hall–Kier alpha value is -1.68. The minimum absolute atomic E-state index is 0.354. The van der Waals surface area contributed by atoms with Crippen molar-refractivity contribution in [3.05, 3.63) is 47.3 Å². The first kappa shape index (κ1) is 13.7. The van der Waals surface area contributed by atoms with Gasteiger partial charge in [-0.2, -0.15) is 5.26 Å². The van der Waals surface area contributed by atoms with E-state index in [2.05, 4.69) is 56.9 Å². The van der Waals surface area contributed by atoms with Crippen LogP contribution >= 0.6 is 22.6 Å². The average Bonchev–Trinajstić information content (AvgIpc) is 2.41. The van der Waals surface area contributed by atoms with Gasteiger partial charge in [0.1, 0.15) is 11.8 Å². The zero-order valence-electron chi connectivity index (χ0n) is 10.7. The van der Waals surface area contributed by atoms with Crippen LogP contribution in [0, 0.1) is 18.3 Å². The van der Waals surface area contributed by atoms with Gasteiger partial charge in [0.25, 0.3) is 0 Å². The van der Waals surface area contributed by atoms with Gasteiger partial charge in [0.15, 0.2) is 0 Å². The summed E-state index contributed by atoms with van der Waals surface area (Å²) >= 11 is 2.39. The molecule has 96 valence electrons. The number of nitrogens with one attached hydrogen (secondary N) is 1. The molecular weight excluding hydrogens is 351 g/mol. The highest BCUT2D eigenvalue weighted by Gasteiger charge is 2.06. The summed E-state index contributed by atoms with van der Waals surface area (Å²) in [5.41, 5.74) is 3.73. The van der Waals surface area contributed by atoms with Crippen LogP contribution in [0.25, 0.3) is 0 Å². The molecule has 0 amide bonds. The molecule has 1 atom stereocenters. The lowest BCUT2D eigenvalue weighted by molar-refractivity contribution is 1.12. The zero-order valence-corrected chi connectivity index (χ0v) is 12.8. The monoisotopic (exact) mass is 364 g/mol. The molecule has 0 saturated heterocycles. The predicted octanol–water partition coefficient (Wildman–Crippen LogP) is 3.90. The van der Waals surface area contributed by atoms with Gasteiger partial charge in [0.2, 0.25) is 5.95 Å². The SMILES string of the molecule is Cc1cc(C(C)I)ccc1Nc1nccc(C#N)n1. The molecule has 0 spiro atoms. The first-order chi connectivity index (χ1) is 9.10. The van der Waals surface area contributed by atoms with Crippen molar-refractivity contribution in [2.45, 2.75) is 17.8 Å². The second kappa shape index (κ2) is 5.97. The van der Waals surface area contributed by atoms with E-state index in [1.165, 1.54) is 5.56 Å². The molecule has 19 heavy (non-hydrogen) atoms. The van der Waals surface area contributed by atoms with Crippen molar-refractivity contribution in [3.63, 3.8) is 0 Å². The zero-order chi connectivity index (χ0) is 13.8. The van der Waals surface area contributed by atoms with Crippen LogP contribution in [0.3, 0.4) is 0 Å². The lowest BCUT2D eigenvalue weighted by Crippen LogP contribution is -2.00. The standard InChI is InChI=1S/C14H13IN4/c1-9-7-11(10(2)15)3-4-13(9)19-14-17-6-5-12(8-16)18-14/h3-7,10H,1-2H3,(H,17,18,19). The number of aryl methyl sites for hydroxylation is 1. The molecule has 2 rings (SSSR count). The van der Waals surface area contributed by atoms with Crippen LogP contribution in [-0.2, 0) is 0 Å². The maximum atomic E-state index is 8.81. The van der Waals surface area contributed by atoms with Crippen molar-refractivity contribution in [1.82, 2.24) is 9.97 Å². The summed E-state index contributed by atoms with van der Waals surface area (Å²) in [4.78, 5) is 8.21. The number of rotatable bonds is 3. The molecule has 1 aromatic heterocycles. The number of alkyl halides is 1. The Morgan fingerprint density at radius 3 is 2.79 bits per heavy atom. The number of hydrogen-bond donors (Lipinski definition) is 1. The van der Waals surface area contributed by atoms with E-state index in [0.717, 1.165) is 11.3 Å². The number of nitrogens with zero attached hydrogens (tertiary/aromatic N) is 3. The van der Waals surface area contributed by atoms with Gasteiger partial charge in [0.05, 0.1) is 0 Å². The van der Waals surface area contributed by atoms with E-state index in [1.807, 2.05) is 19.1 Å². The fourth-order valence-corrected chi connectivity index (χ4v) is 2.06. The first-order valence-electron chi connectivity index (χ1n) is 5.85. The van der Waals surface area contributed by atoms with Gasteiger partial charge in [0, 0.05) is 15.8 Å². The molecule has 0 fully saturated rings. The molecule has 5 heteroatoms. The third kappa shape index (κ3) is 3.41. The van der Waals surface area contributed by atoms with Gasteiger partial charge in [-0.05, 0) is 37.1 Å². The molecule has 1 N–H and O–H groups in total. The summed E-state index contributed by atoms with van der Waals surface area (Å²) in [5, 5.41) is 11.9. The van der Waals surface area contributed by atoms with Crippen LogP contribution in [0.5, 0.6) is 0 Å². The third-order valence-electron chi connectivity index (χ3n) is 2.73. The van der Waals surface area contributed by atoms with Gasteiger partial charge < -0.3 is 5.32 Å². The minimum Gasteiger partial charge on any atom is -0.324 e. The smallest absolute Gasteiger partial charge is 0.228 e. The summed E-state index contributed by atoms with van der Waals surface area (Å²) in [6.07, 6.45) is 1.57. The molecule has 1 unspecified atom stereocenters. The van der Waals surface area contributed by atoms with Crippen molar-refractivity contribution in [2.75, 3.05) is 5.32 Å². The molecule has 4 nitrogen and oxygen atoms in total. The van der Waals surface area contributed by atoms with Crippen LogP contribution in [-0.4, -0.2) is 9.97 Å². The van der Waals surface area contributed by atoms with Crippen LogP contribution in [0.15, 0.2) is 30.5 Å². The summed E-state index contributed by atoms with van der Waals surface area (Å²) < 4.78 is 0.475. The van der Waals surface area contributed by atoms with Crippen LogP contribution in [0.1, 0.15) is 27.7 Å². The van der Waals surface area contributed by atoms with Crippen molar-refractivity contribution in [1.29, 1.82) is 5.26 Å². The number of aromatic nitrogens is 2. The van der Waals surface area contributed by atoms with E-state index in [1.54, 1.807) is 12.3 Å². The largest absolute Gasteiger partial charge is 0.324 e. The molecule has 0 bridgehead atoms. The Bertz CT molecular complexity index is 632. The summed E-state index contributed by atoms with van der Waals surface area (Å²) in [6.45, 7) is 4.20. The second-order valence-electron chi connectivity index (χ2n) is 4.19. The maximum absolute atomic E-state index is 8.81. The fourth-order valence-electron chi connectivity index (χ4n) is 1.68. The average molecular weight is 364 g/mol.